The minimum Gasteiger partial charge on any atom is -0.144 e. The molecule has 0 aliphatic carbocycles. The van der Waals surface area contributed by atoms with Crippen LogP contribution in [0, 0.1) is 18.8 Å². The second-order valence-electron chi connectivity index (χ2n) is 11.5. The van der Waals surface area contributed by atoms with Gasteiger partial charge in [0.15, 0.2) is 0 Å². The third kappa shape index (κ3) is 5.39. The van der Waals surface area contributed by atoms with Crippen molar-refractivity contribution in [3.8, 4) is 9.75 Å². The average Bonchev–Trinajstić information content (AvgIpc) is 3.41. The highest BCUT2D eigenvalue weighted by atomic mass is 32.1. The van der Waals surface area contributed by atoms with Crippen LogP contribution in [0.4, 0.5) is 0 Å². The molecule has 0 radical (unpaired) electrons. The zero-order valence-electron chi connectivity index (χ0n) is 22.2. The molecule has 0 bridgehead atoms. The van der Waals surface area contributed by atoms with Gasteiger partial charge in [0.1, 0.15) is 8.07 Å². The molecule has 2 atom stereocenters. The quantitative estimate of drug-likeness (QED) is 0.239. The maximum Gasteiger partial charge on any atom is 0.122 e. The van der Waals surface area contributed by atoms with Gasteiger partial charge < -0.3 is 0 Å². The average molecular weight is 505 g/mol. The monoisotopic (exact) mass is 504 g/mol. The van der Waals surface area contributed by atoms with E-state index in [0.29, 0.717) is 0 Å². The molecule has 2 aromatic heterocycles. The Balaban J connectivity index is 2.14. The molecule has 4 heteroatoms. The summed E-state index contributed by atoms with van der Waals surface area (Å²) in [6, 6.07) is 8.44. The molecule has 0 saturated carbocycles. The van der Waals surface area contributed by atoms with Crippen molar-refractivity contribution in [2.45, 2.75) is 118 Å². The summed E-state index contributed by atoms with van der Waals surface area (Å²) in [7, 11) is -3.03. The molecule has 1 aliphatic rings. The van der Waals surface area contributed by atoms with Gasteiger partial charge in [-0.15, -0.1) is 22.7 Å². The number of thiophene rings is 2. The Bertz CT molecular complexity index is 853. The molecular formula is C28H48S2Si2. The van der Waals surface area contributed by atoms with Crippen LogP contribution in [0.5, 0.6) is 0 Å². The number of hydrogen-bond acceptors (Lipinski definition) is 2. The molecule has 180 valence electrons. The molecule has 0 saturated heterocycles. The highest BCUT2D eigenvalue weighted by Crippen LogP contribution is 2.44. The zero-order valence-corrected chi connectivity index (χ0v) is 25.8. The largest absolute Gasteiger partial charge is 0.144 e. The number of unbranched alkanes of at least 4 members (excludes halogenated alkanes) is 2. The van der Waals surface area contributed by atoms with Crippen LogP contribution in [0.2, 0.25) is 31.7 Å². The predicted octanol–water partition coefficient (Wildman–Crippen LogP) is 8.64. The summed E-state index contributed by atoms with van der Waals surface area (Å²) < 4.78 is 1.75. The molecule has 32 heavy (non-hydrogen) atoms. The normalized spacial score (nSPS) is 19.8. The minimum absolute atomic E-state index is 0.902. The van der Waals surface area contributed by atoms with Crippen molar-refractivity contribution < 1.29 is 0 Å². The Kier molecular flexibility index (Phi) is 9.13. The molecule has 2 aromatic rings. The lowest BCUT2D eigenvalue weighted by Gasteiger charge is -2.36. The van der Waals surface area contributed by atoms with E-state index in [2.05, 4.69) is 89.1 Å². The van der Waals surface area contributed by atoms with Gasteiger partial charge in [0.05, 0.1) is 8.07 Å². The van der Waals surface area contributed by atoms with E-state index in [1.807, 2.05) is 10.4 Å². The van der Waals surface area contributed by atoms with E-state index >= 15 is 0 Å². The predicted molar refractivity (Wildman–Crippen MR) is 157 cm³/mol. The number of aryl methyl sites for hydroxylation is 1. The van der Waals surface area contributed by atoms with Crippen molar-refractivity contribution >= 4 is 53.7 Å². The van der Waals surface area contributed by atoms with Gasteiger partial charge in [-0.2, -0.15) is 0 Å². The molecule has 0 nitrogen and oxygen atoms in total. The van der Waals surface area contributed by atoms with Crippen LogP contribution in [0.3, 0.4) is 0 Å². The maximum absolute atomic E-state index is 2.78. The van der Waals surface area contributed by atoms with Gasteiger partial charge >= 0.3 is 0 Å². The third-order valence-corrected chi connectivity index (χ3v) is 19.6. The number of rotatable bonds is 13. The van der Waals surface area contributed by atoms with E-state index in [9.17, 15) is 0 Å². The lowest BCUT2D eigenvalue weighted by molar-refractivity contribution is 0.469. The Labute approximate surface area is 209 Å². The van der Waals surface area contributed by atoms with Crippen LogP contribution in [0.1, 0.15) is 83.9 Å². The van der Waals surface area contributed by atoms with Crippen molar-refractivity contribution in [3.63, 3.8) is 0 Å². The Morgan fingerprint density at radius 2 is 1.28 bits per heavy atom. The first-order valence-electron chi connectivity index (χ1n) is 13.5. The first-order chi connectivity index (χ1) is 15.2. The molecule has 3 rings (SSSR count). The van der Waals surface area contributed by atoms with Gasteiger partial charge in [-0.1, -0.05) is 105 Å². The SMILES string of the molecule is CCCCC(CC)C[Si]1(CC(CC)CCCC)c2cc(C)sc2-c2sc([Si](C)(C)C)cc21. The molecule has 0 spiro atoms. The van der Waals surface area contributed by atoms with Gasteiger partial charge in [0.25, 0.3) is 0 Å². The lowest BCUT2D eigenvalue weighted by Crippen LogP contribution is -2.57. The smallest absolute Gasteiger partial charge is 0.122 e. The van der Waals surface area contributed by atoms with Crippen LogP contribution in [0.25, 0.3) is 9.75 Å². The molecule has 3 heterocycles. The lowest BCUT2D eigenvalue weighted by atomic mass is 10.0. The highest BCUT2D eigenvalue weighted by Gasteiger charge is 2.50. The summed E-state index contributed by atoms with van der Waals surface area (Å²) >= 11 is 4.31. The fourth-order valence-electron chi connectivity index (χ4n) is 5.86. The van der Waals surface area contributed by atoms with Gasteiger partial charge in [-0.05, 0) is 51.8 Å². The van der Waals surface area contributed by atoms with Crippen LogP contribution >= 0.6 is 22.7 Å². The van der Waals surface area contributed by atoms with Crippen molar-refractivity contribution in [1.29, 1.82) is 0 Å². The molecule has 0 amide bonds. The van der Waals surface area contributed by atoms with Crippen molar-refractivity contribution in [2.24, 2.45) is 11.8 Å². The first-order valence-corrected chi connectivity index (χ1v) is 21.0. The summed E-state index contributed by atoms with van der Waals surface area (Å²) in [6.45, 7) is 19.7. The van der Waals surface area contributed by atoms with Crippen LogP contribution in [0.15, 0.2) is 12.1 Å². The fraction of sp³-hybridized carbons (Fsp3) is 0.714. The molecule has 0 fully saturated rings. The Hall–Kier alpha value is -0.166. The molecule has 1 aliphatic heterocycles. The second-order valence-corrected chi connectivity index (χ2v) is 23.3. The summed E-state index contributed by atoms with van der Waals surface area (Å²) in [5, 5.41) is 3.74. The molecule has 0 N–H and O–H groups in total. The standard InChI is InChI=1S/C28H48S2Si2/c1-9-13-15-22(11-3)19-32(20-23(12-4)16-14-10-2)24-17-21(5)29-27(24)28-25(32)18-26(30-28)31(6,7)8/h17-18,22-23H,9-16,19-20H2,1-8H3. The molecular weight excluding hydrogens is 457 g/mol. The van der Waals surface area contributed by atoms with E-state index in [1.54, 1.807) is 19.1 Å². The summed E-state index contributed by atoms with van der Waals surface area (Å²) in [6.07, 6.45) is 11.1. The zero-order chi connectivity index (χ0) is 23.5. The maximum atomic E-state index is 2.78. The molecule has 2 unspecified atom stereocenters. The van der Waals surface area contributed by atoms with Gasteiger partial charge in [0, 0.05) is 14.6 Å². The van der Waals surface area contributed by atoms with E-state index in [4.69, 9.17) is 0 Å². The Morgan fingerprint density at radius 1 is 0.781 bits per heavy atom. The van der Waals surface area contributed by atoms with Crippen LogP contribution in [-0.4, -0.2) is 16.1 Å². The van der Waals surface area contributed by atoms with Crippen LogP contribution in [-0.2, 0) is 0 Å². The fourth-order valence-corrected chi connectivity index (χ4v) is 18.2. The summed E-state index contributed by atoms with van der Waals surface area (Å²) in [5.41, 5.74) is 0. The number of hydrogen-bond donors (Lipinski definition) is 0. The van der Waals surface area contributed by atoms with E-state index in [0.717, 1.165) is 11.8 Å². The van der Waals surface area contributed by atoms with E-state index < -0.39 is 16.1 Å². The van der Waals surface area contributed by atoms with Crippen LogP contribution < -0.4 is 14.9 Å². The summed E-state index contributed by atoms with van der Waals surface area (Å²) in [5.74, 6) is 1.80. The highest BCUT2D eigenvalue weighted by molar-refractivity contribution is 7.35. The molecule has 0 aromatic carbocycles. The Morgan fingerprint density at radius 3 is 1.75 bits per heavy atom. The van der Waals surface area contributed by atoms with E-state index in [1.165, 1.54) is 63.5 Å². The minimum atomic E-state index is -1.74. The van der Waals surface area contributed by atoms with Gasteiger partial charge in [0.2, 0.25) is 0 Å². The third-order valence-electron chi connectivity index (χ3n) is 7.92. The van der Waals surface area contributed by atoms with Crippen molar-refractivity contribution in [2.75, 3.05) is 0 Å². The van der Waals surface area contributed by atoms with Crippen molar-refractivity contribution in [1.82, 2.24) is 0 Å². The second kappa shape index (κ2) is 11.1. The van der Waals surface area contributed by atoms with Gasteiger partial charge in [-0.25, -0.2) is 0 Å². The first kappa shape index (κ1) is 26.4. The van der Waals surface area contributed by atoms with Gasteiger partial charge in [-0.3, -0.25) is 0 Å². The number of fused-ring (bicyclic) bond motifs is 3. The topological polar surface area (TPSA) is 0 Å². The van der Waals surface area contributed by atoms with Crippen molar-refractivity contribution in [3.05, 3.63) is 17.0 Å². The van der Waals surface area contributed by atoms with E-state index in [-0.39, 0.29) is 0 Å². The summed E-state index contributed by atoms with van der Waals surface area (Å²) in [4.78, 5) is 4.97.